The molecule has 0 saturated carbocycles. The number of hydrogen-bond donors (Lipinski definition) is 1. The Morgan fingerprint density at radius 3 is 2.53 bits per heavy atom. The Kier molecular flexibility index (Phi) is 5.14. The highest BCUT2D eigenvalue weighted by Crippen LogP contribution is 2.16. The average molecular weight is 275 g/mol. The van der Waals surface area contributed by atoms with E-state index in [1.807, 2.05) is 0 Å². The number of para-hydroxylation sites is 1. The van der Waals surface area contributed by atoms with Gasteiger partial charge in [-0.2, -0.15) is 0 Å². The molecule has 0 heterocycles. The number of hydrogen-bond acceptors (Lipinski definition) is 4. The van der Waals surface area contributed by atoms with E-state index < -0.39 is 20.6 Å². The van der Waals surface area contributed by atoms with Crippen molar-refractivity contribution in [3.05, 3.63) is 24.3 Å². The van der Waals surface area contributed by atoms with Crippen molar-refractivity contribution in [3.8, 4) is 0 Å². The second-order valence-electron chi connectivity index (χ2n) is 3.68. The molecule has 1 aromatic carbocycles. The maximum Gasteiger partial charge on any atom is 0.150 e. The summed E-state index contributed by atoms with van der Waals surface area (Å²) in [5.41, 5.74) is 6.18. The molecule has 0 saturated heterocycles. The molecule has 0 amide bonds. The standard InChI is InChI=1S/C11H17NO3S2/c1-2-17(14,15)9-5-8-16(13)11-7-4-3-6-10(11)12/h3-4,6-7H,2,5,8-9,12H2,1H3. The number of benzene rings is 1. The summed E-state index contributed by atoms with van der Waals surface area (Å²) in [7, 11) is -4.19. The minimum Gasteiger partial charge on any atom is -0.398 e. The van der Waals surface area contributed by atoms with Crippen LogP contribution in [0.15, 0.2) is 29.2 Å². The molecule has 0 aliphatic heterocycles. The predicted octanol–water partition coefficient (Wildman–Crippen LogP) is 1.20. The summed E-state index contributed by atoms with van der Waals surface area (Å²) >= 11 is 0. The molecule has 0 bridgehead atoms. The van der Waals surface area contributed by atoms with Crippen molar-refractivity contribution in [2.75, 3.05) is 23.0 Å². The van der Waals surface area contributed by atoms with Crippen LogP contribution < -0.4 is 5.73 Å². The van der Waals surface area contributed by atoms with Gasteiger partial charge in [0.05, 0.1) is 21.4 Å². The Labute approximate surface area is 105 Å². The fourth-order valence-electron chi connectivity index (χ4n) is 1.35. The van der Waals surface area contributed by atoms with Crippen LogP contribution in [0.1, 0.15) is 13.3 Å². The van der Waals surface area contributed by atoms with Crippen LogP contribution >= 0.6 is 0 Å². The normalized spacial score (nSPS) is 13.5. The van der Waals surface area contributed by atoms with Gasteiger partial charge in [0.1, 0.15) is 9.84 Å². The minimum atomic E-state index is -2.97. The van der Waals surface area contributed by atoms with E-state index in [4.69, 9.17) is 5.73 Å². The molecule has 0 aromatic heterocycles. The fourth-order valence-corrected chi connectivity index (χ4v) is 3.60. The summed E-state index contributed by atoms with van der Waals surface area (Å²) in [5.74, 6) is 0.544. The number of anilines is 1. The highest BCUT2D eigenvalue weighted by molar-refractivity contribution is 7.91. The van der Waals surface area contributed by atoms with Crippen LogP contribution in [0.25, 0.3) is 0 Å². The number of nitrogen functional groups attached to an aromatic ring is 1. The minimum absolute atomic E-state index is 0.0853. The van der Waals surface area contributed by atoms with Crippen LogP contribution in [0.3, 0.4) is 0 Å². The fraction of sp³-hybridized carbons (Fsp3) is 0.455. The molecule has 0 spiro atoms. The van der Waals surface area contributed by atoms with Crippen molar-refractivity contribution in [1.82, 2.24) is 0 Å². The lowest BCUT2D eigenvalue weighted by molar-refractivity contribution is 0.596. The van der Waals surface area contributed by atoms with Gasteiger partial charge in [0, 0.05) is 17.2 Å². The van der Waals surface area contributed by atoms with Crippen molar-refractivity contribution < 1.29 is 12.6 Å². The summed E-state index contributed by atoms with van der Waals surface area (Å²) in [6.07, 6.45) is 0.400. The zero-order valence-electron chi connectivity index (χ0n) is 9.76. The van der Waals surface area contributed by atoms with Crippen LogP contribution in [-0.2, 0) is 20.6 Å². The quantitative estimate of drug-likeness (QED) is 0.791. The first kappa shape index (κ1) is 14.2. The third kappa shape index (κ3) is 4.47. The lowest BCUT2D eigenvalue weighted by Gasteiger charge is -2.05. The molecule has 17 heavy (non-hydrogen) atoms. The molecular weight excluding hydrogens is 258 g/mol. The van der Waals surface area contributed by atoms with Crippen molar-refractivity contribution in [2.24, 2.45) is 0 Å². The first-order valence-corrected chi connectivity index (χ1v) is 8.53. The van der Waals surface area contributed by atoms with Crippen LogP contribution in [0.2, 0.25) is 0 Å². The summed E-state index contributed by atoms with van der Waals surface area (Å²) < 4.78 is 34.4. The maximum atomic E-state index is 11.9. The molecule has 1 atom stereocenters. The molecule has 0 radical (unpaired) electrons. The highest BCUT2D eigenvalue weighted by atomic mass is 32.2. The third-order valence-corrected chi connectivity index (χ3v) is 5.70. The Morgan fingerprint density at radius 2 is 1.94 bits per heavy atom. The van der Waals surface area contributed by atoms with Gasteiger partial charge in [0.15, 0.2) is 0 Å². The molecule has 1 rings (SSSR count). The highest BCUT2D eigenvalue weighted by Gasteiger charge is 2.11. The van der Waals surface area contributed by atoms with E-state index in [1.165, 1.54) is 0 Å². The SMILES string of the molecule is CCS(=O)(=O)CCCS(=O)c1ccccc1N. The predicted molar refractivity (Wildman–Crippen MR) is 71.1 cm³/mol. The maximum absolute atomic E-state index is 11.9. The van der Waals surface area contributed by atoms with E-state index in [1.54, 1.807) is 31.2 Å². The van der Waals surface area contributed by atoms with Gasteiger partial charge >= 0.3 is 0 Å². The van der Waals surface area contributed by atoms with E-state index >= 15 is 0 Å². The van der Waals surface area contributed by atoms with E-state index in [0.29, 0.717) is 22.8 Å². The number of rotatable bonds is 6. The van der Waals surface area contributed by atoms with E-state index in [-0.39, 0.29) is 11.5 Å². The van der Waals surface area contributed by atoms with Crippen molar-refractivity contribution in [3.63, 3.8) is 0 Å². The molecule has 0 aliphatic carbocycles. The van der Waals surface area contributed by atoms with Crippen LogP contribution in [-0.4, -0.2) is 29.9 Å². The van der Waals surface area contributed by atoms with Crippen LogP contribution in [0.4, 0.5) is 5.69 Å². The first-order chi connectivity index (χ1) is 7.96. The van der Waals surface area contributed by atoms with Gasteiger partial charge in [0.25, 0.3) is 0 Å². The second-order valence-corrected chi connectivity index (χ2v) is 7.69. The molecule has 4 nitrogen and oxygen atoms in total. The molecule has 1 aromatic rings. The lowest BCUT2D eigenvalue weighted by Crippen LogP contribution is -2.12. The Balaban J connectivity index is 2.55. The van der Waals surface area contributed by atoms with Gasteiger partial charge in [-0.15, -0.1) is 0 Å². The summed E-state index contributed by atoms with van der Waals surface area (Å²) in [4.78, 5) is 0.585. The molecule has 6 heteroatoms. The van der Waals surface area contributed by atoms with Crippen molar-refractivity contribution >= 4 is 26.3 Å². The Bertz CT molecular complexity index is 497. The van der Waals surface area contributed by atoms with E-state index in [2.05, 4.69) is 0 Å². The molecular formula is C11H17NO3S2. The van der Waals surface area contributed by atoms with Gasteiger partial charge in [-0.3, -0.25) is 4.21 Å². The zero-order valence-corrected chi connectivity index (χ0v) is 11.4. The Hall–Kier alpha value is -0.880. The van der Waals surface area contributed by atoms with Gasteiger partial charge in [-0.25, -0.2) is 8.42 Å². The van der Waals surface area contributed by atoms with Gasteiger partial charge in [-0.1, -0.05) is 19.1 Å². The summed E-state index contributed by atoms with van der Waals surface area (Å²) in [6.45, 7) is 1.61. The lowest BCUT2D eigenvalue weighted by atomic mass is 10.3. The van der Waals surface area contributed by atoms with Gasteiger partial charge in [-0.05, 0) is 18.6 Å². The number of sulfone groups is 1. The molecule has 0 fully saturated rings. The smallest absolute Gasteiger partial charge is 0.150 e. The first-order valence-electron chi connectivity index (χ1n) is 5.39. The summed E-state index contributed by atoms with van der Waals surface area (Å²) in [5, 5.41) is 0. The Morgan fingerprint density at radius 1 is 1.29 bits per heavy atom. The topological polar surface area (TPSA) is 77.2 Å². The monoisotopic (exact) mass is 275 g/mol. The molecule has 2 N–H and O–H groups in total. The largest absolute Gasteiger partial charge is 0.398 e. The average Bonchev–Trinajstić information content (AvgIpc) is 2.29. The molecule has 96 valence electrons. The van der Waals surface area contributed by atoms with E-state index in [9.17, 15) is 12.6 Å². The second kappa shape index (κ2) is 6.16. The van der Waals surface area contributed by atoms with Crippen LogP contribution in [0.5, 0.6) is 0 Å². The summed E-state index contributed by atoms with van der Waals surface area (Å²) in [6, 6.07) is 6.94. The molecule has 1 unspecified atom stereocenters. The number of nitrogens with two attached hydrogens (primary N) is 1. The van der Waals surface area contributed by atoms with E-state index in [0.717, 1.165) is 0 Å². The molecule has 0 aliphatic rings. The van der Waals surface area contributed by atoms with Gasteiger partial charge < -0.3 is 5.73 Å². The van der Waals surface area contributed by atoms with Crippen LogP contribution in [0, 0.1) is 0 Å². The van der Waals surface area contributed by atoms with Crippen molar-refractivity contribution in [2.45, 2.75) is 18.2 Å². The van der Waals surface area contributed by atoms with Gasteiger partial charge in [0.2, 0.25) is 0 Å². The zero-order chi connectivity index (χ0) is 12.9. The third-order valence-electron chi connectivity index (χ3n) is 2.39. The van der Waals surface area contributed by atoms with Crippen molar-refractivity contribution in [1.29, 1.82) is 0 Å².